The summed E-state index contributed by atoms with van der Waals surface area (Å²) >= 11 is 0. The van der Waals surface area contributed by atoms with E-state index in [4.69, 9.17) is 4.74 Å². The number of aromatic amines is 1. The van der Waals surface area contributed by atoms with E-state index in [1.165, 1.54) is 0 Å². The molecule has 2 N–H and O–H groups in total. The van der Waals surface area contributed by atoms with Crippen molar-refractivity contribution in [2.75, 3.05) is 33.3 Å². The number of methoxy groups -OCH3 is 1. The summed E-state index contributed by atoms with van der Waals surface area (Å²) in [5.74, 6) is -0.924. The summed E-state index contributed by atoms with van der Waals surface area (Å²) in [4.78, 5) is 59.1. The monoisotopic (exact) mass is 597 g/mol. The lowest BCUT2D eigenvalue weighted by Gasteiger charge is -2.41. The van der Waals surface area contributed by atoms with Crippen molar-refractivity contribution >= 4 is 23.6 Å². The molecule has 1 aromatic heterocycles. The minimum atomic E-state index is -0.686. The van der Waals surface area contributed by atoms with E-state index in [-0.39, 0.29) is 30.3 Å². The average Bonchev–Trinajstić information content (AvgIpc) is 3.72. The van der Waals surface area contributed by atoms with Gasteiger partial charge in [-0.15, -0.1) is 0 Å². The molecule has 4 aliphatic heterocycles. The zero-order chi connectivity index (χ0) is 30.4. The molecule has 2 unspecified atom stereocenters. The van der Waals surface area contributed by atoms with Gasteiger partial charge in [0.2, 0.25) is 11.8 Å². The second-order valence-corrected chi connectivity index (χ2v) is 11.9. The third-order valence-corrected chi connectivity index (χ3v) is 9.25. The van der Waals surface area contributed by atoms with Crippen molar-refractivity contribution in [3.8, 4) is 0 Å². The molecule has 4 aliphatic rings. The fraction of sp³-hybridized carbons (Fsp3) is 0.406. The Labute approximate surface area is 254 Å². The van der Waals surface area contributed by atoms with Crippen LogP contribution in [-0.4, -0.2) is 92.8 Å². The zero-order valence-electron chi connectivity index (χ0n) is 24.6. The number of hydrogen-bond acceptors (Lipinski definition) is 8. The van der Waals surface area contributed by atoms with Crippen molar-refractivity contribution in [3.63, 3.8) is 0 Å². The second kappa shape index (κ2) is 11.6. The summed E-state index contributed by atoms with van der Waals surface area (Å²) in [6.07, 6.45) is 1.51. The van der Waals surface area contributed by atoms with Crippen LogP contribution in [0.4, 0.5) is 0 Å². The molecule has 5 heterocycles. The van der Waals surface area contributed by atoms with E-state index in [0.717, 1.165) is 60.7 Å². The van der Waals surface area contributed by atoms with Crippen LogP contribution in [0.5, 0.6) is 0 Å². The quantitative estimate of drug-likeness (QED) is 0.394. The van der Waals surface area contributed by atoms with E-state index in [9.17, 15) is 19.2 Å². The minimum absolute atomic E-state index is 0.0743. The number of nitrogens with one attached hydrogen (secondary N) is 2. The zero-order valence-corrected chi connectivity index (χ0v) is 24.6. The Balaban J connectivity index is 1.01. The van der Waals surface area contributed by atoms with Crippen molar-refractivity contribution in [2.45, 2.75) is 50.8 Å². The average molecular weight is 598 g/mol. The standard InChI is InChI=1S/C32H35N7O5/c1-44-28(21-5-3-2-4-6-21)32(43)39-19-25-24(16-33-35-25)30(39)37-13-11-36(12-14-37)17-20-7-8-23-22(15-20)18-38(31(23)42)26-9-10-27(40)34-29(26)41/h2-8,15-16,26,28,30H,9-14,17-19H2,1H3,(H,33,35)(H,34,40,41)/t26?,28-,30?/m1/s1. The van der Waals surface area contributed by atoms with Crippen LogP contribution < -0.4 is 5.32 Å². The summed E-state index contributed by atoms with van der Waals surface area (Å²) in [5.41, 5.74) is 5.44. The van der Waals surface area contributed by atoms with Crippen molar-refractivity contribution in [3.05, 3.63) is 88.2 Å². The largest absolute Gasteiger partial charge is 0.367 e. The Morgan fingerprint density at radius 1 is 1.05 bits per heavy atom. The molecule has 3 aromatic rings. The van der Waals surface area contributed by atoms with Crippen molar-refractivity contribution < 1.29 is 23.9 Å². The second-order valence-electron chi connectivity index (χ2n) is 11.9. The van der Waals surface area contributed by atoms with Crippen molar-refractivity contribution in [1.82, 2.24) is 35.1 Å². The number of nitrogens with zero attached hydrogens (tertiary/aromatic N) is 5. The molecule has 7 rings (SSSR count). The van der Waals surface area contributed by atoms with Gasteiger partial charge in [-0.05, 0) is 29.2 Å². The fourth-order valence-corrected chi connectivity index (χ4v) is 7.00. The molecule has 0 aliphatic carbocycles. The number of aromatic nitrogens is 2. The van der Waals surface area contributed by atoms with Crippen molar-refractivity contribution in [1.29, 1.82) is 0 Å². The third kappa shape index (κ3) is 5.08. The summed E-state index contributed by atoms with van der Waals surface area (Å²) in [5, 5.41) is 9.69. The predicted octanol–water partition coefficient (Wildman–Crippen LogP) is 1.72. The summed E-state index contributed by atoms with van der Waals surface area (Å²) in [6.45, 7) is 4.73. The highest BCUT2D eigenvalue weighted by Crippen LogP contribution is 2.38. The molecule has 0 radical (unpaired) electrons. The topological polar surface area (TPSA) is 131 Å². The fourth-order valence-electron chi connectivity index (χ4n) is 7.00. The molecule has 12 heteroatoms. The van der Waals surface area contributed by atoms with E-state index in [2.05, 4.69) is 31.4 Å². The lowest BCUT2D eigenvalue weighted by molar-refractivity contribution is -0.150. The maximum Gasteiger partial charge on any atom is 0.258 e. The number of fused-ring (bicyclic) bond motifs is 2. The van der Waals surface area contributed by atoms with Gasteiger partial charge in [-0.25, -0.2) is 0 Å². The Bertz CT molecular complexity index is 1600. The van der Waals surface area contributed by atoms with Crippen LogP contribution in [0.2, 0.25) is 0 Å². The van der Waals surface area contributed by atoms with Crippen LogP contribution in [0, 0.1) is 0 Å². The first-order valence-corrected chi connectivity index (χ1v) is 15.0. The Morgan fingerprint density at radius 2 is 1.84 bits per heavy atom. The number of imide groups is 1. The van der Waals surface area contributed by atoms with Gasteiger partial charge >= 0.3 is 0 Å². The number of ether oxygens (including phenoxy) is 1. The molecule has 4 amide bonds. The number of H-pyrrole nitrogens is 1. The van der Waals surface area contributed by atoms with E-state index in [1.54, 1.807) is 12.0 Å². The number of piperazine rings is 1. The van der Waals surface area contributed by atoms with Crippen LogP contribution in [0.25, 0.3) is 0 Å². The van der Waals surface area contributed by atoms with E-state index in [0.29, 0.717) is 25.1 Å². The van der Waals surface area contributed by atoms with Gasteiger partial charge in [-0.2, -0.15) is 5.10 Å². The molecule has 0 spiro atoms. The molecule has 2 saturated heterocycles. The first-order valence-electron chi connectivity index (χ1n) is 15.0. The lowest BCUT2D eigenvalue weighted by Crippen LogP contribution is -2.52. The number of carbonyl (C=O) groups excluding carboxylic acids is 4. The maximum atomic E-state index is 13.8. The number of benzene rings is 2. The highest BCUT2D eigenvalue weighted by molar-refractivity contribution is 6.05. The molecule has 44 heavy (non-hydrogen) atoms. The summed E-state index contributed by atoms with van der Waals surface area (Å²) < 4.78 is 5.69. The molecule has 3 atom stereocenters. The molecule has 2 fully saturated rings. The predicted molar refractivity (Wildman–Crippen MR) is 157 cm³/mol. The Hall–Kier alpha value is -4.39. The third-order valence-electron chi connectivity index (χ3n) is 9.25. The number of carbonyl (C=O) groups is 4. The van der Waals surface area contributed by atoms with Crippen molar-refractivity contribution in [2.24, 2.45) is 0 Å². The Kier molecular flexibility index (Phi) is 7.48. The normalized spacial score (nSPS) is 23.1. The van der Waals surface area contributed by atoms with Crippen LogP contribution in [0.3, 0.4) is 0 Å². The molecule has 0 saturated carbocycles. The van der Waals surface area contributed by atoms with Gasteiger partial charge in [0.15, 0.2) is 6.10 Å². The van der Waals surface area contributed by atoms with Crippen LogP contribution in [0.15, 0.2) is 54.7 Å². The smallest absolute Gasteiger partial charge is 0.258 e. The SMILES string of the molecule is CO[C@@H](C(=O)N1Cc2[nH]ncc2C1N1CCN(Cc2ccc3c(c2)CN(C2CCC(=O)NC2=O)C3=O)CC1)c1ccccc1. The number of amides is 4. The molecular formula is C32H35N7O5. The van der Waals surface area contributed by atoms with Gasteiger partial charge in [0, 0.05) is 63.9 Å². The lowest BCUT2D eigenvalue weighted by atomic mass is 10.0. The van der Waals surface area contributed by atoms with Gasteiger partial charge in [-0.3, -0.25) is 39.4 Å². The van der Waals surface area contributed by atoms with Crippen LogP contribution >= 0.6 is 0 Å². The number of hydrogen-bond donors (Lipinski definition) is 2. The van der Waals surface area contributed by atoms with Crippen LogP contribution in [0.1, 0.15) is 63.4 Å². The van der Waals surface area contributed by atoms with E-state index in [1.807, 2.05) is 53.6 Å². The van der Waals surface area contributed by atoms with E-state index >= 15 is 0 Å². The summed E-state index contributed by atoms with van der Waals surface area (Å²) in [6, 6.07) is 14.9. The van der Waals surface area contributed by atoms with Gasteiger partial charge in [-0.1, -0.05) is 42.5 Å². The van der Waals surface area contributed by atoms with E-state index < -0.39 is 18.1 Å². The maximum absolute atomic E-state index is 13.8. The van der Waals surface area contributed by atoms with Gasteiger partial charge in [0.25, 0.3) is 11.8 Å². The highest BCUT2D eigenvalue weighted by Gasteiger charge is 2.43. The molecular weight excluding hydrogens is 562 g/mol. The first kappa shape index (κ1) is 28.4. The summed E-state index contributed by atoms with van der Waals surface area (Å²) in [7, 11) is 1.57. The van der Waals surface area contributed by atoms with Gasteiger partial charge < -0.3 is 14.5 Å². The van der Waals surface area contributed by atoms with Gasteiger partial charge in [0.05, 0.1) is 18.4 Å². The number of rotatable bonds is 7. The van der Waals surface area contributed by atoms with Gasteiger partial charge in [0.1, 0.15) is 12.2 Å². The highest BCUT2D eigenvalue weighted by atomic mass is 16.5. The molecule has 228 valence electrons. The molecule has 12 nitrogen and oxygen atoms in total. The molecule has 0 bridgehead atoms. The van der Waals surface area contributed by atoms with Crippen LogP contribution in [-0.2, 0) is 38.8 Å². The molecule has 2 aromatic carbocycles. The Morgan fingerprint density at radius 3 is 2.59 bits per heavy atom. The number of piperidine rings is 1. The minimum Gasteiger partial charge on any atom is -0.367 e. The first-order chi connectivity index (χ1) is 21.4.